The van der Waals surface area contributed by atoms with Crippen LogP contribution in [0.15, 0.2) is 48.7 Å². The molecule has 0 atom stereocenters. The van der Waals surface area contributed by atoms with E-state index in [2.05, 4.69) is 4.98 Å². The van der Waals surface area contributed by atoms with E-state index < -0.39 is 0 Å². The molecule has 0 aliphatic rings. The van der Waals surface area contributed by atoms with Crippen LogP contribution in [0.5, 0.6) is 0 Å². The normalized spacial score (nSPS) is 10.0. The average Bonchev–Trinajstić information content (AvgIpc) is 2.40. The number of esters is 1. The zero-order chi connectivity index (χ0) is 12.8. The molecule has 0 saturated heterocycles. The Bertz CT molecular complexity index is 509. The number of nitrogens with zero attached hydrogens (tertiary/aromatic N) is 1. The van der Waals surface area contributed by atoms with Crippen molar-refractivity contribution in [3.05, 3.63) is 59.9 Å². The molecule has 92 valence electrons. The van der Waals surface area contributed by atoms with E-state index in [1.165, 1.54) is 0 Å². The highest BCUT2D eigenvalue weighted by Gasteiger charge is 2.06. The average molecular weight is 242 g/mol. The molecule has 0 aliphatic carbocycles. The minimum Gasteiger partial charge on any atom is -0.462 e. The van der Waals surface area contributed by atoms with Crippen LogP contribution in [0, 0.1) is 0 Å². The number of benzene rings is 1. The van der Waals surface area contributed by atoms with E-state index in [0.29, 0.717) is 24.3 Å². The Labute approximate surface area is 105 Å². The highest BCUT2D eigenvalue weighted by atomic mass is 16.5. The van der Waals surface area contributed by atoms with Crippen LogP contribution in [0.3, 0.4) is 0 Å². The van der Waals surface area contributed by atoms with Gasteiger partial charge in [0.05, 0.1) is 12.2 Å². The molecule has 1 aromatic heterocycles. The van der Waals surface area contributed by atoms with E-state index in [9.17, 15) is 4.79 Å². The summed E-state index contributed by atoms with van der Waals surface area (Å²) in [6, 6.07) is 12.3. The Morgan fingerprint density at radius 2 is 1.94 bits per heavy atom. The molecule has 2 rings (SSSR count). The maximum absolute atomic E-state index is 11.7. The Morgan fingerprint density at radius 3 is 2.61 bits per heavy atom. The predicted molar refractivity (Wildman–Crippen MR) is 69.1 cm³/mol. The number of hydrogen-bond acceptors (Lipinski definition) is 4. The van der Waals surface area contributed by atoms with Crippen molar-refractivity contribution in [2.75, 3.05) is 12.3 Å². The summed E-state index contributed by atoms with van der Waals surface area (Å²) in [5.41, 5.74) is 7.58. The fraction of sp³-hybridized carbons (Fsp3) is 0.143. The summed E-state index contributed by atoms with van der Waals surface area (Å²) in [7, 11) is 0. The Balaban J connectivity index is 1.84. The minimum atomic E-state index is -0.342. The van der Waals surface area contributed by atoms with Gasteiger partial charge in [-0.3, -0.25) is 4.98 Å². The van der Waals surface area contributed by atoms with E-state index in [1.54, 1.807) is 30.5 Å². The van der Waals surface area contributed by atoms with Crippen molar-refractivity contribution in [2.45, 2.75) is 6.42 Å². The molecule has 1 aromatic carbocycles. The van der Waals surface area contributed by atoms with Crippen molar-refractivity contribution in [1.29, 1.82) is 0 Å². The van der Waals surface area contributed by atoms with E-state index in [1.807, 2.05) is 18.2 Å². The zero-order valence-electron chi connectivity index (χ0n) is 9.87. The third kappa shape index (κ3) is 3.31. The van der Waals surface area contributed by atoms with Gasteiger partial charge in [-0.25, -0.2) is 4.79 Å². The van der Waals surface area contributed by atoms with Crippen molar-refractivity contribution < 1.29 is 9.53 Å². The van der Waals surface area contributed by atoms with Crippen LogP contribution in [-0.2, 0) is 11.2 Å². The zero-order valence-corrected chi connectivity index (χ0v) is 9.87. The number of pyridine rings is 1. The molecule has 0 spiro atoms. The number of carbonyl (C=O) groups is 1. The van der Waals surface area contributed by atoms with Crippen LogP contribution in [0.25, 0.3) is 0 Å². The van der Waals surface area contributed by atoms with Gasteiger partial charge in [-0.2, -0.15) is 0 Å². The lowest BCUT2D eigenvalue weighted by Gasteiger charge is -2.04. The Kier molecular flexibility index (Phi) is 3.91. The molecule has 0 aliphatic heterocycles. The van der Waals surface area contributed by atoms with Gasteiger partial charge in [0.15, 0.2) is 0 Å². The van der Waals surface area contributed by atoms with Crippen molar-refractivity contribution in [3.8, 4) is 0 Å². The first-order valence-corrected chi connectivity index (χ1v) is 5.68. The van der Waals surface area contributed by atoms with Crippen LogP contribution in [-0.4, -0.2) is 17.6 Å². The monoisotopic (exact) mass is 242 g/mol. The van der Waals surface area contributed by atoms with E-state index in [4.69, 9.17) is 10.5 Å². The third-order valence-electron chi connectivity index (χ3n) is 2.46. The van der Waals surface area contributed by atoms with Crippen LogP contribution < -0.4 is 5.73 Å². The Hall–Kier alpha value is -2.36. The smallest absolute Gasteiger partial charge is 0.338 e. The highest BCUT2D eigenvalue weighted by Crippen LogP contribution is 2.07. The molecule has 0 amide bonds. The molecule has 0 unspecified atom stereocenters. The van der Waals surface area contributed by atoms with Gasteiger partial charge in [0.1, 0.15) is 0 Å². The summed E-state index contributed by atoms with van der Waals surface area (Å²) in [6.45, 7) is 0.320. The number of nitrogens with two attached hydrogens (primary N) is 1. The summed E-state index contributed by atoms with van der Waals surface area (Å²) >= 11 is 0. The molecule has 4 nitrogen and oxygen atoms in total. The van der Waals surface area contributed by atoms with Crippen molar-refractivity contribution in [3.63, 3.8) is 0 Å². The summed E-state index contributed by atoms with van der Waals surface area (Å²) in [5.74, 6) is -0.342. The van der Waals surface area contributed by atoms with Crippen LogP contribution >= 0.6 is 0 Å². The van der Waals surface area contributed by atoms with Crippen LogP contribution in [0.4, 0.5) is 5.69 Å². The molecular formula is C14H14N2O2. The van der Waals surface area contributed by atoms with Crippen molar-refractivity contribution in [1.82, 2.24) is 4.98 Å². The molecule has 1 heterocycles. The van der Waals surface area contributed by atoms with Crippen LogP contribution in [0.1, 0.15) is 16.1 Å². The van der Waals surface area contributed by atoms with E-state index in [0.717, 1.165) is 5.69 Å². The fourth-order valence-corrected chi connectivity index (χ4v) is 1.50. The van der Waals surface area contributed by atoms with Gasteiger partial charge in [0, 0.05) is 24.0 Å². The van der Waals surface area contributed by atoms with Crippen molar-refractivity contribution >= 4 is 11.7 Å². The summed E-state index contributed by atoms with van der Waals surface area (Å²) in [5, 5.41) is 0. The van der Waals surface area contributed by atoms with E-state index in [-0.39, 0.29) is 5.97 Å². The number of rotatable bonds is 4. The molecule has 0 radical (unpaired) electrons. The second-order valence-electron chi connectivity index (χ2n) is 3.83. The second-order valence-corrected chi connectivity index (χ2v) is 3.83. The topological polar surface area (TPSA) is 65.2 Å². The van der Waals surface area contributed by atoms with Gasteiger partial charge < -0.3 is 10.5 Å². The first-order chi connectivity index (χ1) is 8.75. The number of aromatic nitrogens is 1. The number of carbonyl (C=O) groups excluding carboxylic acids is 1. The lowest BCUT2D eigenvalue weighted by molar-refractivity contribution is 0.0508. The SMILES string of the molecule is Nc1ccc(C(=O)OCCc2ccccn2)cc1. The van der Waals surface area contributed by atoms with E-state index >= 15 is 0 Å². The van der Waals surface area contributed by atoms with Gasteiger partial charge in [0.25, 0.3) is 0 Å². The molecule has 0 saturated carbocycles. The quantitative estimate of drug-likeness (QED) is 0.658. The van der Waals surface area contributed by atoms with Gasteiger partial charge in [0.2, 0.25) is 0 Å². The number of ether oxygens (including phenoxy) is 1. The number of nitrogen functional groups attached to an aromatic ring is 1. The van der Waals surface area contributed by atoms with Gasteiger partial charge >= 0.3 is 5.97 Å². The molecule has 0 bridgehead atoms. The molecule has 2 aromatic rings. The molecule has 4 heteroatoms. The standard InChI is InChI=1S/C14H14N2O2/c15-12-6-4-11(5-7-12)14(17)18-10-8-13-3-1-2-9-16-13/h1-7,9H,8,10,15H2. The lowest BCUT2D eigenvalue weighted by atomic mass is 10.2. The lowest BCUT2D eigenvalue weighted by Crippen LogP contribution is -2.08. The summed E-state index contributed by atoms with van der Waals surface area (Å²) < 4.78 is 5.15. The van der Waals surface area contributed by atoms with Gasteiger partial charge in [-0.05, 0) is 36.4 Å². The largest absolute Gasteiger partial charge is 0.462 e. The number of anilines is 1. The van der Waals surface area contributed by atoms with Gasteiger partial charge in [-0.15, -0.1) is 0 Å². The molecule has 0 fully saturated rings. The molecule has 2 N–H and O–H groups in total. The second kappa shape index (κ2) is 5.82. The molecular weight excluding hydrogens is 228 g/mol. The van der Waals surface area contributed by atoms with Crippen molar-refractivity contribution in [2.24, 2.45) is 0 Å². The maximum Gasteiger partial charge on any atom is 0.338 e. The first kappa shape index (κ1) is 12.1. The van der Waals surface area contributed by atoms with Crippen LogP contribution in [0.2, 0.25) is 0 Å². The predicted octanol–water partition coefficient (Wildman–Crippen LogP) is 2.06. The minimum absolute atomic E-state index is 0.320. The fourth-order valence-electron chi connectivity index (χ4n) is 1.50. The van der Waals surface area contributed by atoms with Gasteiger partial charge in [-0.1, -0.05) is 6.07 Å². The first-order valence-electron chi connectivity index (χ1n) is 5.68. The summed E-state index contributed by atoms with van der Waals surface area (Å²) in [4.78, 5) is 15.8. The number of hydrogen-bond donors (Lipinski definition) is 1. The highest BCUT2D eigenvalue weighted by molar-refractivity contribution is 5.89. The molecule has 18 heavy (non-hydrogen) atoms. The summed E-state index contributed by atoms with van der Waals surface area (Å²) in [6.07, 6.45) is 2.33. The Morgan fingerprint density at radius 1 is 1.17 bits per heavy atom. The maximum atomic E-state index is 11.7. The third-order valence-corrected chi connectivity index (χ3v) is 2.46.